The highest BCUT2D eigenvalue weighted by molar-refractivity contribution is 5.99. The van der Waals surface area contributed by atoms with Crippen molar-refractivity contribution in [3.8, 4) is 0 Å². The molecule has 0 aromatic rings. The van der Waals surface area contributed by atoms with E-state index in [0.29, 0.717) is 38.5 Å². The van der Waals surface area contributed by atoms with Crippen LogP contribution in [0.15, 0.2) is 0 Å². The molecule has 0 saturated carbocycles. The minimum Gasteiger partial charge on any atom is -0.465 e. The first-order valence-corrected chi connectivity index (χ1v) is 9.49. The summed E-state index contributed by atoms with van der Waals surface area (Å²) in [6, 6.07) is 0. The average Bonchev–Trinajstić information content (AvgIpc) is 3.31. The largest absolute Gasteiger partial charge is 0.465 e. The van der Waals surface area contributed by atoms with Gasteiger partial charge in [0.1, 0.15) is 12.0 Å². The molecule has 3 fully saturated rings. The maximum absolute atomic E-state index is 11.0. The van der Waals surface area contributed by atoms with E-state index in [4.69, 9.17) is 9.84 Å². The molecule has 9 heteroatoms. The Hall–Kier alpha value is -2.16. The summed E-state index contributed by atoms with van der Waals surface area (Å²) in [4.78, 5) is 43.0. The van der Waals surface area contributed by atoms with Crippen LogP contribution >= 0.6 is 0 Å². The Bertz CT molecular complexity index is 539. The molecule has 154 valence electrons. The molecule has 3 aliphatic heterocycles. The number of nitrogens with one attached hydrogen (secondary N) is 3. The second-order valence-corrected chi connectivity index (χ2v) is 6.72. The number of carbonyl (C=O) groups excluding carboxylic acids is 4. The number of carbonyl (C=O) groups is 4. The molecule has 4 N–H and O–H groups in total. The van der Waals surface area contributed by atoms with Crippen molar-refractivity contribution in [2.45, 2.75) is 46.1 Å². The quantitative estimate of drug-likeness (QED) is 0.376. The van der Waals surface area contributed by atoms with Crippen molar-refractivity contribution in [1.82, 2.24) is 16.0 Å². The summed E-state index contributed by atoms with van der Waals surface area (Å²) >= 11 is 0. The van der Waals surface area contributed by atoms with Crippen LogP contribution in [0.3, 0.4) is 0 Å². The Balaban J connectivity index is 0.000000208. The molecule has 0 aromatic heterocycles. The molecule has 0 bridgehead atoms. The number of esters is 1. The zero-order chi connectivity index (χ0) is 20.4. The molecule has 9 nitrogen and oxygen atoms in total. The first-order chi connectivity index (χ1) is 12.8. The summed E-state index contributed by atoms with van der Waals surface area (Å²) in [7, 11) is 0. The summed E-state index contributed by atoms with van der Waals surface area (Å²) in [5.74, 6) is -0.335. The monoisotopic (exact) mass is 385 g/mol. The van der Waals surface area contributed by atoms with Gasteiger partial charge in [-0.05, 0) is 32.1 Å². The molecular weight excluding hydrogens is 354 g/mol. The van der Waals surface area contributed by atoms with Crippen molar-refractivity contribution in [2.75, 3.05) is 26.2 Å². The lowest BCUT2D eigenvalue weighted by Crippen LogP contribution is -2.26. The third-order valence-corrected chi connectivity index (χ3v) is 4.70. The van der Waals surface area contributed by atoms with Crippen LogP contribution in [-0.4, -0.2) is 61.1 Å². The Morgan fingerprint density at radius 1 is 1.04 bits per heavy atom. The van der Waals surface area contributed by atoms with Gasteiger partial charge in [0.15, 0.2) is 0 Å². The van der Waals surface area contributed by atoms with E-state index in [0.717, 1.165) is 13.0 Å². The minimum atomic E-state index is -0.736. The lowest BCUT2D eigenvalue weighted by molar-refractivity contribution is -0.150. The van der Waals surface area contributed by atoms with E-state index in [2.05, 4.69) is 29.8 Å². The van der Waals surface area contributed by atoms with Crippen molar-refractivity contribution >= 4 is 23.7 Å². The van der Waals surface area contributed by atoms with Crippen LogP contribution in [0, 0.1) is 17.8 Å². The Morgan fingerprint density at radius 2 is 1.67 bits per heavy atom. The highest BCUT2D eigenvalue weighted by Gasteiger charge is 2.32. The Labute approximate surface area is 159 Å². The van der Waals surface area contributed by atoms with Gasteiger partial charge < -0.3 is 25.8 Å². The van der Waals surface area contributed by atoms with Gasteiger partial charge in [0.25, 0.3) is 0 Å². The Morgan fingerprint density at radius 3 is 1.96 bits per heavy atom. The van der Waals surface area contributed by atoms with E-state index in [1.54, 1.807) is 6.92 Å². The summed E-state index contributed by atoms with van der Waals surface area (Å²) in [5, 5.41) is 16.5. The van der Waals surface area contributed by atoms with Crippen LogP contribution in [0.2, 0.25) is 0 Å². The predicted molar refractivity (Wildman–Crippen MR) is 97.3 cm³/mol. The van der Waals surface area contributed by atoms with Gasteiger partial charge in [0, 0.05) is 25.6 Å². The lowest BCUT2D eigenvalue weighted by atomic mass is 9.95. The second-order valence-electron chi connectivity index (χ2n) is 6.72. The maximum Gasteiger partial charge on any atom is 0.318 e. The van der Waals surface area contributed by atoms with Gasteiger partial charge in [-0.15, -0.1) is 0 Å². The van der Waals surface area contributed by atoms with Gasteiger partial charge in [-0.2, -0.15) is 0 Å². The standard InChI is InChI=1S/C7H11NO3.C7H13NO.C4H7NO2/c1-2-11-7(10)5-3-4-8-6(5)9;1-3-6-5(2)4-8-7(6)9;6-3-1-2-5-4(3)7/h5H,2-4H2,1H3,(H,8,9);5-6H,3-4H2,1-2H3,(H,8,9);3,6H,1-2H2,(H,5,7). The minimum absolute atomic E-state index is 0.205. The summed E-state index contributed by atoms with van der Waals surface area (Å²) < 4.78 is 4.70. The maximum atomic E-state index is 11.0. The van der Waals surface area contributed by atoms with E-state index in [-0.39, 0.29) is 23.6 Å². The van der Waals surface area contributed by atoms with E-state index < -0.39 is 18.0 Å². The number of amides is 3. The highest BCUT2D eigenvalue weighted by atomic mass is 16.5. The fraction of sp³-hybridized carbons (Fsp3) is 0.778. The van der Waals surface area contributed by atoms with E-state index in [9.17, 15) is 19.2 Å². The number of hydrogen-bond acceptors (Lipinski definition) is 6. The van der Waals surface area contributed by atoms with Crippen LogP contribution < -0.4 is 16.0 Å². The van der Waals surface area contributed by atoms with Gasteiger partial charge in [0.05, 0.1) is 6.61 Å². The summed E-state index contributed by atoms with van der Waals surface area (Å²) in [6.07, 6.45) is 1.38. The lowest BCUT2D eigenvalue weighted by Gasteiger charge is -2.06. The smallest absolute Gasteiger partial charge is 0.318 e. The normalized spacial score (nSPS) is 28.8. The molecule has 3 heterocycles. The van der Waals surface area contributed by atoms with Gasteiger partial charge in [-0.25, -0.2) is 0 Å². The van der Waals surface area contributed by atoms with Crippen molar-refractivity contribution in [1.29, 1.82) is 0 Å². The van der Waals surface area contributed by atoms with Crippen LogP contribution in [0.1, 0.15) is 40.0 Å². The van der Waals surface area contributed by atoms with Crippen molar-refractivity contribution in [2.24, 2.45) is 17.8 Å². The molecule has 4 unspecified atom stereocenters. The molecule has 0 aromatic carbocycles. The number of aliphatic hydroxyl groups is 1. The van der Waals surface area contributed by atoms with E-state index in [1.807, 2.05) is 0 Å². The zero-order valence-electron chi connectivity index (χ0n) is 16.2. The molecule has 3 aliphatic rings. The topological polar surface area (TPSA) is 134 Å². The zero-order valence-corrected chi connectivity index (χ0v) is 16.2. The van der Waals surface area contributed by atoms with E-state index in [1.165, 1.54) is 0 Å². The van der Waals surface area contributed by atoms with Crippen LogP contribution in [0.25, 0.3) is 0 Å². The van der Waals surface area contributed by atoms with Crippen LogP contribution in [0.5, 0.6) is 0 Å². The van der Waals surface area contributed by atoms with Gasteiger partial charge in [0.2, 0.25) is 17.7 Å². The molecule has 0 radical (unpaired) electrons. The summed E-state index contributed by atoms with van der Waals surface area (Å²) in [6.45, 7) is 8.32. The number of ether oxygens (including phenoxy) is 1. The van der Waals surface area contributed by atoms with Crippen LogP contribution in [0.4, 0.5) is 0 Å². The molecule has 4 atom stereocenters. The fourth-order valence-electron chi connectivity index (χ4n) is 3.02. The summed E-state index contributed by atoms with van der Waals surface area (Å²) in [5.41, 5.74) is 0. The molecule has 0 spiro atoms. The molecule has 3 amide bonds. The Kier molecular flexibility index (Phi) is 9.77. The third kappa shape index (κ3) is 7.16. The number of aliphatic hydroxyl groups excluding tert-OH is 1. The molecule has 27 heavy (non-hydrogen) atoms. The molecular formula is C18H31N3O6. The van der Waals surface area contributed by atoms with Crippen LogP contribution in [-0.2, 0) is 23.9 Å². The predicted octanol–water partition coefficient (Wildman–Crippen LogP) is -0.669. The van der Waals surface area contributed by atoms with Crippen molar-refractivity contribution < 1.29 is 29.0 Å². The fourth-order valence-corrected chi connectivity index (χ4v) is 3.02. The molecule has 3 rings (SSSR count). The van der Waals surface area contributed by atoms with E-state index >= 15 is 0 Å². The second kappa shape index (κ2) is 11.5. The van der Waals surface area contributed by atoms with Gasteiger partial charge in [-0.1, -0.05) is 13.8 Å². The number of hydrogen-bond donors (Lipinski definition) is 4. The average molecular weight is 385 g/mol. The first-order valence-electron chi connectivity index (χ1n) is 9.49. The number of rotatable bonds is 3. The molecule has 0 aliphatic carbocycles. The van der Waals surface area contributed by atoms with Gasteiger partial charge >= 0.3 is 5.97 Å². The van der Waals surface area contributed by atoms with Crippen molar-refractivity contribution in [3.63, 3.8) is 0 Å². The van der Waals surface area contributed by atoms with Gasteiger partial charge in [-0.3, -0.25) is 19.2 Å². The first kappa shape index (κ1) is 22.9. The SMILES string of the molecule is CCC1C(=O)NCC1C.CCOC(=O)C1CCNC1=O.O=C1NCCC1O. The third-order valence-electron chi connectivity index (χ3n) is 4.70. The highest BCUT2D eigenvalue weighted by Crippen LogP contribution is 2.19. The van der Waals surface area contributed by atoms with Crippen molar-refractivity contribution in [3.05, 3.63) is 0 Å². The molecule has 3 saturated heterocycles.